The summed E-state index contributed by atoms with van der Waals surface area (Å²) in [5, 5.41) is 10.3. The molecule has 1 aromatic carbocycles. The first kappa shape index (κ1) is 21.8. The van der Waals surface area contributed by atoms with E-state index in [1.807, 2.05) is 27.7 Å². The highest BCUT2D eigenvalue weighted by Crippen LogP contribution is 2.30. The first-order valence-corrected chi connectivity index (χ1v) is 9.28. The minimum absolute atomic E-state index is 0.102. The van der Waals surface area contributed by atoms with Crippen molar-refractivity contribution in [3.8, 4) is 0 Å². The summed E-state index contributed by atoms with van der Waals surface area (Å²) in [6.07, 6.45) is -4.36. The van der Waals surface area contributed by atoms with Gasteiger partial charge in [-0.3, -0.25) is 4.99 Å². The molecule has 0 radical (unpaired) electrons. The van der Waals surface area contributed by atoms with Gasteiger partial charge in [-0.1, -0.05) is 24.2 Å². The second-order valence-corrected chi connectivity index (χ2v) is 6.85. The van der Waals surface area contributed by atoms with Crippen LogP contribution in [0.2, 0.25) is 0 Å². The average molecular weight is 396 g/mol. The van der Waals surface area contributed by atoms with Gasteiger partial charge in [0.15, 0.2) is 5.96 Å². The van der Waals surface area contributed by atoms with E-state index in [4.69, 9.17) is 4.52 Å². The molecule has 5 nitrogen and oxygen atoms in total. The lowest BCUT2D eigenvalue weighted by Gasteiger charge is -2.20. The Hall–Kier alpha value is -2.51. The lowest BCUT2D eigenvalue weighted by atomic mass is 10.00. The molecule has 0 amide bonds. The zero-order chi connectivity index (χ0) is 20.9. The summed E-state index contributed by atoms with van der Waals surface area (Å²) in [6.45, 7) is 10.7. The number of guanidine groups is 1. The van der Waals surface area contributed by atoms with E-state index in [9.17, 15) is 13.2 Å². The fourth-order valence-electron chi connectivity index (χ4n) is 3.11. The van der Waals surface area contributed by atoms with Gasteiger partial charge in [0, 0.05) is 24.6 Å². The van der Waals surface area contributed by atoms with E-state index in [0.717, 1.165) is 29.2 Å². The summed E-state index contributed by atoms with van der Waals surface area (Å²) in [7, 11) is 0. The molecule has 28 heavy (non-hydrogen) atoms. The van der Waals surface area contributed by atoms with Gasteiger partial charge in [-0.15, -0.1) is 0 Å². The third-order valence-corrected chi connectivity index (χ3v) is 4.52. The van der Waals surface area contributed by atoms with Crippen molar-refractivity contribution in [1.29, 1.82) is 0 Å². The second-order valence-electron chi connectivity index (χ2n) is 6.85. The van der Waals surface area contributed by atoms with Crippen LogP contribution in [0.3, 0.4) is 0 Å². The normalized spacial score (nSPS) is 14.6. The van der Waals surface area contributed by atoms with Crippen molar-refractivity contribution >= 4 is 5.96 Å². The highest BCUT2D eigenvalue weighted by Gasteiger charge is 2.30. The Morgan fingerprint density at radius 2 is 1.96 bits per heavy atom. The van der Waals surface area contributed by atoms with Crippen LogP contribution in [0.4, 0.5) is 13.2 Å². The molecule has 0 aliphatic carbocycles. The zero-order valence-corrected chi connectivity index (χ0v) is 16.8. The number of halogens is 3. The molecule has 1 heterocycles. The van der Waals surface area contributed by atoms with Crippen molar-refractivity contribution in [1.82, 2.24) is 15.8 Å². The average Bonchev–Trinajstić information content (AvgIpc) is 2.97. The molecule has 2 aromatic rings. The Morgan fingerprint density at radius 1 is 1.25 bits per heavy atom. The van der Waals surface area contributed by atoms with Crippen LogP contribution in [0.25, 0.3) is 0 Å². The number of alkyl halides is 3. The van der Waals surface area contributed by atoms with Crippen LogP contribution in [0.1, 0.15) is 60.9 Å². The molecule has 2 rings (SSSR count). The first-order valence-electron chi connectivity index (χ1n) is 9.28. The molecule has 0 saturated carbocycles. The molecule has 2 N–H and O–H groups in total. The fourth-order valence-corrected chi connectivity index (χ4v) is 3.11. The molecule has 0 aliphatic heterocycles. The molecule has 0 spiro atoms. The summed E-state index contributed by atoms with van der Waals surface area (Å²) in [4.78, 5) is 4.59. The van der Waals surface area contributed by atoms with Crippen molar-refractivity contribution in [2.45, 2.75) is 52.8 Å². The highest BCUT2D eigenvalue weighted by atomic mass is 19.4. The van der Waals surface area contributed by atoms with Crippen molar-refractivity contribution in [3.63, 3.8) is 0 Å². The Morgan fingerprint density at radius 3 is 2.54 bits per heavy atom. The Balaban J connectivity index is 2.12. The van der Waals surface area contributed by atoms with Crippen LogP contribution >= 0.6 is 0 Å². The summed E-state index contributed by atoms with van der Waals surface area (Å²) >= 11 is 0. The maximum Gasteiger partial charge on any atom is 0.416 e. The summed E-state index contributed by atoms with van der Waals surface area (Å²) < 4.78 is 44.1. The van der Waals surface area contributed by atoms with Crippen LogP contribution < -0.4 is 10.6 Å². The maximum atomic E-state index is 13.0. The van der Waals surface area contributed by atoms with Gasteiger partial charge in [0.1, 0.15) is 5.76 Å². The van der Waals surface area contributed by atoms with Crippen LogP contribution in [0.5, 0.6) is 0 Å². The molecule has 0 fully saturated rings. The van der Waals surface area contributed by atoms with Gasteiger partial charge < -0.3 is 15.2 Å². The van der Waals surface area contributed by atoms with Crippen molar-refractivity contribution in [2.24, 2.45) is 4.99 Å². The lowest BCUT2D eigenvalue weighted by molar-refractivity contribution is -0.137. The predicted molar refractivity (Wildman–Crippen MR) is 103 cm³/mol. The summed E-state index contributed by atoms with van der Waals surface area (Å²) in [5.41, 5.74) is 1.76. The number of nitrogens with one attached hydrogen (secondary N) is 2. The number of nitrogens with zero attached hydrogens (tertiary/aromatic N) is 2. The van der Waals surface area contributed by atoms with E-state index in [2.05, 4.69) is 20.8 Å². The topological polar surface area (TPSA) is 62.5 Å². The Labute approximate surface area is 163 Å². The number of hydrogen-bond donors (Lipinski definition) is 2. The fraction of sp³-hybridized carbons (Fsp3) is 0.500. The molecule has 0 aliphatic rings. The number of aliphatic imine (C=N–C) groups is 1. The predicted octanol–water partition coefficient (Wildman–Crippen LogP) is 4.73. The number of benzene rings is 1. The third kappa shape index (κ3) is 5.50. The van der Waals surface area contributed by atoms with Crippen LogP contribution in [0, 0.1) is 13.8 Å². The zero-order valence-electron chi connectivity index (χ0n) is 16.8. The first-order chi connectivity index (χ1) is 13.1. The largest absolute Gasteiger partial charge is 0.416 e. The number of aryl methyl sites for hydroxylation is 2. The van der Waals surface area contributed by atoms with E-state index >= 15 is 0 Å². The van der Waals surface area contributed by atoms with E-state index in [1.165, 1.54) is 6.07 Å². The molecule has 1 aromatic heterocycles. The van der Waals surface area contributed by atoms with Crippen molar-refractivity contribution in [2.75, 3.05) is 13.1 Å². The van der Waals surface area contributed by atoms with Crippen LogP contribution in [-0.4, -0.2) is 24.2 Å². The molecule has 0 saturated heterocycles. The van der Waals surface area contributed by atoms with Gasteiger partial charge in [-0.2, -0.15) is 13.2 Å². The van der Waals surface area contributed by atoms with Crippen molar-refractivity contribution < 1.29 is 17.7 Å². The molecule has 0 bridgehead atoms. The number of hydrogen-bond acceptors (Lipinski definition) is 3. The molecular formula is C20H27F3N4O. The number of rotatable bonds is 6. The molecule has 2 atom stereocenters. The van der Waals surface area contributed by atoms with Crippen molar-refractivity contribution in [3.05, 3.63) is 52.4 Å². The standard InChI is InChI=1S/C20H27F3N4O/c1-6-24-19(25-11-12(2)18-14(4)27-28-15(18)5)26-13(3)16-8-7-9-17(10-16)20(21,22)23/h7-10,12-13H,6,11H2,1-5H3,(H2,24,25,26). The van der Waals surface area contributed by atoms with E-state index in [0.29, 0.717) is 24.6 Å². The van der Waals surface area contributed by atoms with Crippen LogP contribution in [0.15, 0.2) is 33.8 Å². The number of aromatic nitrogens is 1. The van der Waals surface area contributed by atoms with E-state index < -0.39 is 11.7 Å². The SMILES string of the molecule is CCNC(=NCC(C)c1c(C)noc1C)NC(C)c1cccc(C(F)(F)F)c1. The molecule has 154 valence electrons. The monoisotopic (exact) mass is 396 g/mol. The summed E-state index contributed by atoms with van der Waals surface area (Å²) in [5.74, 6) is 1.42. The molecular weight excluding hydrogens is 369 g/mol. The van der Waals surface area contributed by atoms with Gasteiger partial charge in [0.2, 0.25) is 0 Å². The summed E-state index contributed by atoms with van der Waals surface area (Å²) in [6, 6.07) is 4.98. The quantitative estimate of drug-likeness (QED) is 0.547. The molecule has 8 heteroatoms. The van der Waals surface area contributed by atoms with Gasteiger partial charge in [0.25, 0.3) is 0 Å². The maximum absolute atomic E-state index is 13.0. The third-order valence-electron chi connectivity index (χ3n) is 4.52. The molecule has 2 unspecified atom stereocenters. The Bertz CT molecular complexity index is 795. The van der Waals surface area contributed by atoms with Gasteiger partial charge in [0.05, 0.1) is 17.3 Å². The second kappa shape index (κ2) is 9.12. The van der Waals surface area contributed by atoms with Gasteiger partial charge in [-0.25, -0.2) is 0 Å². The Kier molecular flexibility index (Phi) is 7.10. The van der Waals surface area contributed by atoms with Crippen LogP contribution in [-0.2, 0) is 6.18 Å². The smallest absolute Gasteiger partial charge is 0.361 e. The lowest BCUT2D eigenvalue weighted by Crippen LogP contribution is -2.39. The van der Waals surface area contributed by atoms with Gasteiger partial charge in [-0.05, 0) is 45.4 Å². The van der Waals surface area contributed by atoms with E-state index in [-0.39, 0.29) is 12.0 Å². The van der Waals surface area contributed by atoms with E-state index in [1.54, 1.807) is 13.0 Å². The minimum Gasteiger partial charge on any atom is -0.361 e. The highest BCUT2D eigenvalue weighted by molar-refractivity contribution is 5.80. The van der Waals surface area contributed by atoms with Gasteiger partial charge >= 0.3 is 6.18 Å². The minimum atomic E-state index is -4.36.